The largest absolute Gasteiger partial charge is 0.481 e. The number of carboxylic acids is 3. The van der Waals surface area contributed by atoms with Gasteiger partial charge in [0.2, 0.25) is 0 Å². The fourth-order valence-electron chi connectivity index (χ4n) is 1.45. The second-order valence-corrected chi connectivity index (χ2v) is 4.79. The summed E-state index contributed by atoms with van der Waals surface area (Å²) in [6.45, 7) is 2.19. The summed E-state index contributed by atoms with van der Waals surface area (Å²) in [6, 6.07) is 0. The number of rotatable bonds is 10. The molecule has 0 heterocycles. The third kappa shape index (κ3) is 12.1. The zero-order chi connectivity index (χ0) is 17.8. The van der Waals surface area contributed by atoms with Gasteiger partial charge in [0.15, 0.2) is 5.60 Å². The van der Waals surface area contributed by atoms with Crippen molar-refractivity contribution in [3.05, 3.63) is 0 Å². The van der Waals surface area contributed by atoms with Crippen LogP contribution in [0.3, 0.4) is 0 Å². The second-order valence-electron chi connectivity index (χ2n) is 4.79. The molecule has 0 aliphatic carbocycles. The SMILES string of the molecule is CCCCC(O)CCO.O=C(O)CC(O)(CC(=O)O)C(=O)O. The van der Waals surface area contributed by atoms with Crippen LogP contribution in [-0.2, 0) is 14.4 Å². The Morgan fingerprint density at radius 1 is 1.00 bits per heavy atom. The summed E-state index contributed by atoms with van der Waals surface area (Å²) < 4.78 is 0. The second kappa shape index (κ2) is 11.9. The van der Waals surface area contributed by atoms with Crippen LogP contribution in [0.1, 0.15) is 45.4 Å². The summed E-state index contributed by atoms with van der Waals surface area (Å²) in [6.07, 6.45) is 0.958. The standard InChI is InChI=1S/C7H16O2.C6H8O7/c1-2-3-4-7(9)5-6-8;7-3(8)1-6(13,5(11)12)2-4(9)10/h7-9H,2-6H2,1H3;13H,1-2H2,(H,7,8)(H,9,10)(H,11,12). The zero-order valence-electron chi connectivity index (χ0n) is 12.4. The molecule has 0 aromatic carbocycles. The molecule has 0 radical (unpaired) electrons. The lowest BCUT2D eigenvalue weighted by Crippen LogP contribution is -2.42. The molecule has 22 heavy (non-hydrogen) atoms. The summed E-state index contributed by atoms with van der Waals surface area (Å²) in [4.78, 5) is 30.5. The summed E-state index contributed by atoms with van der Waals surface area (Å²) >= 11 is 0. The van der Waals surface area contributed by atoms with Gasteiger partial charge in [-0.05, 0) is 12.8 Å². The molecular weight excluding hydrogens is 300 g/mol. The molecule has 0 aliphatic heterocycles. The Morgan fingerprint density at radius 3 is 1.73 bits per heavy atom. The highest BCUT2D eigenvalue weighted by Gasteiger charge is 2.40. The molecule has 6 N–H and O–H groups in total. The minimum atomic E-state index is -2.74. The maximum absolute atomic E-state index is 10.3. The Labute approximate surface area is 127 Å². The van der Waals surface area contributed by atoms with E-state index in [1.165, 1.54) is 0 Å². The van der Waals surface area contributed by atoms with E-state index in [2.05, 4.69) is 6.92 Å². The molecule has 1 atom stereocenters. The average Bonchev–Trinajstić information content (AvgIpc) is 2.35. The van der Waals surface area contributed by atoms with E-state index in [0.717, 1.165) is 19.3 Å². The lowest BCUT2D eigenvalue weighted by Gasteiger charge is -2.18. The van der Waals surface area contributed by atoms with Crippen molar-refractivity contribution >= 4 is 17.9 Å². The van der Waals surface area contributed by atoms with Crippen LogP contribution >= 0.6 is 0 Å². The van der Waals surface area contributed by atoms with Crippen molar-refractivity contribution in [2.24, 2.45) is 0 Å². The van der Waals surface area contributed by atoms with Gasteiger partial charge in [0.1, 0.15) is 0 Å². The molecule has 1 unspecified atom stereocenters. The number of aliphatic carboxylic acids is 3. The summed E-state index contributed by atoms with van der Waals surface area (Å²) in [5.41, 5.74) is -2.74. The van der Waals surface area contributed by atoms with Crippen LogP contribution in [0.2, 0.25) is 0 Å². The zero-order valence-corrected chi connectivity index (χ0v) is 12.4. The Hall–Kier alpha value is -1.71. The summed E-state index contributed by atoms with van der Waals surface area (Å²) in [5.74, 6) is -5.02. The van der Waals surface area contributed by atoms with Crippen LogP contribution in [0, 0.1) is 0 Å². The number of hydrogen-bond donors (Lipinski definition) is 6. The Balaban J connectivity index is 0. The molecule has 9 heteroatoms. The highest BCUT2D eigenvalue weighted by atomic mass is 16.4. The Morgan fingerprint density at radius 2 is 1.45 bits per heavy atom. The van der Waals surface area contributed by atoms with Crippen molar-refractivity contribution in [2.75, 3.05) is 6.61 Å². The predicted molar refractivity (Wildman–Crippen MR) is 74.3 cm³/mol. The molecule has 9 nitrogen and oxygen atoms in total. The lowest BCUT2D eigenvalue weighted by atomic mass is 9.96. The minimum Gasteiger partial charge on any atom is -0.481 e. The topological polar surface area (TPSA) is 173 Å². The van der Waals surface area contributed by atoms with E-state index in [9.17, 15) is 14.4 Å². The van der Waals surface area contributed by atoms with Gasteiger partial charge >= 0.3 is 17.9 Å². The Bertz CT molecular complexity index is 337. The van der Waals surface area contributed by atoms with Crippen LogP contribution in [0.5, 0.6) is 0 Å². The van der Waals surface area contributed by atoms with Gasteiger partial charge in [0.25, 0.3) is 0 Å². The van der Waals surface area contributed by atoms with Crippen LogP contribution in [0.15, 0.2) is 0 Å². The number of hydrogen-bond acceptors (Lipinski definition) is 6. The van der Waals surface area contributed by atoms with E-state index in [4.69, 9.17) is 30.6 Å². The molecule has 0 aliphatic rings. The highest BCUT2D eigenvalue weighted by Crippen LogP contribution is 2.15. The average molecular weight is 324 g/mol. The maximum Gasteiger partial charge on any atom is 0.336 e. The quantitative estimate of drug-likeness (QED) is 0.314. The van der Waals surface area contributed by atoms with Crippen molar-refractivity contribution in [3.8, 4) is 0 Å². The fourth-order valence-corrected chi connectivity index (χ4v) is 1.45. The molecular formula is C13H24O9. The van der Waals surface area contributed by atoms with E-state index in [0.29, 0.717) is 6.42 Å². The van der Waals surface area contributed by atoms with E-state index >= 15 is 0 Å². The molecule has 0 aromatic rings. The number of aliphatic hydroxyl groups is 3. The van der Waals surface area contributed by atoms with Crippen molar-refractivity contribution in [1.29, 1.82) is 0 Å². The van der Waals surface area contributed by atoms with Crippen LogP contribution in [0.4, 0.5) is 0 Å². The molecule has 0 rings (SSSR count). The first-order valence-electron chi connectivity index (χ1n) is 6.77. The van der Waals surface area contributed by atoms with Gasteiger partial charge in [0, 0.05) is 6.61 Å². The molecule has 0 saturated carbocycles. The molecule has 0 bridgehead atoms. The van der Waals surface area contributed by atoms with Gasteiger partial charge in [-0.1, -0.05) is 19.8 Å². The third-order valence-corrected chi connectivity index (χ3v) is 2.64. The van der Waals surface area contributed by atoms with Gasteiger partial charge in [0.05, 0.1) is 18.9 Å². The van der Waals surface area contributed by atoms with Crippen molar-refractivity contribution in [3.63, 3.8) is 0 Å². The minimum absolute atomic E-state index is 0.102. The summed E-state index contributed by atoms with van der Waals surface area (Å²) in [5, 5.41) is 51.2. The van der Waals surface area contributed by atoms with Crippen LogP contribution in [0.25, 0.3) is 0 Å². The van der Waals surface area contributed by atoms with Gasteiger partial charge in [-0.3, -0.25) is 9.59 Å². The molecule has 0 spiro atoms. The molecule has 130 valence electrons. The first-order chi connectivity index (χ1) is 10.1. The van der Waals surface area contributed by atoms with Gasteiger partial charge in [-0.2, -0.15) is 0 Å². The Kier molecular flexibility index (Phi) is 12.2. The van der Waals surface area contributed by atoms with Crippen molar-refractivity contribution in [2.45, 2.75) is 57.2 Å². The monoisotopic (exact) mass is 324 g/mol. The lowest BCUT2D eigenvalue weighted by molar-refractivity contribution is -0.170. The van der Waals surface area contributed by atoms with E-state index < -0.39 is 36.4 Å². The first-order valence-corrected chi connectivity index (χ1v) is 6.77. The maximum atomic E-state index is 10.3. The molecule has 0 saturated heterocycles. The highest BCUT2D eigenvalue weighted by molar-refractivity contribution is 5.88. The van der Waals surface area contributed by atoms with Gasteiger partial charge in [-0.15, -0.1) is 0 Å². The summed E-state index contributed by atoms with van der Waals surface area (Å²) in [7, 11) is 0. The van der Waals surface area contributed by atoms with Gasteiger partial charge in [-0.25, -0.2) is 4.79 Å². The van der Waals surface area contributed by atoms with Crippen molar-refractivity contribution < 1.29 is 45.0 Å². The normalized spacial score (nSPS) is 12.0. The smallest absolute Gasteiger partial charge is 0.336 e. The molecule has 0 fully saturated rings. The number of aliphatic hydroxyl groups excluding tert-OH is 2. The molecule has 0 aromatic heterocycles. The number of unbranched alkanes of at least 4 members (excludes halogenated alkanes) is 1. The van der Waals surface area contributed by atoms with E-state index in [-0.39, 0.29) is 12.7 Å². The first kappa shape index (κ1) is 22.6. The third-order valence-electron chi connectivity index (χ3n) is 2.64. The number of carbonyl (C=O) groups is 3. The fraction of sp³-hybridized carbons (Fsp3) is 0.769. The van der Waals surface area contributed by atoms with E-state index in [1.54, 1.807) is 0 Å². The predicted octanol–water partition coefficient (Wildman–Crippen LogP) is -0.329. The van der Waals surface area contributed by atoms with Crippen LogP contribution in [-0.4, -0.2) is 66.9 Å². The van der Waals surface area contributed by atoms with Gasteiger partial charge < -0.3 is 30.6 Å². The number of carboxylic acid groups (broad SMARTS) is 3. The van der Waals surface area contributed by atoms with E-state index in [1.807, 2.05) is 0 Å². The van der Waals surface area contributed by atoms with Crippen molar-refractivity contribution in [1.82, 2.24) is 0 Å². The molecule has 0 amide bonds. The van der Waals surface area contributed by atoms with Crippen LogP contribution < -0.4 is 0 Å².